The van der Waals surface area contributed by atoms with E-state index in [-0.39, 0.29) is 0 Å². The highest BCUT2D eigenvalue weighted by atomic mass is 16.4. The molecule has 4 heterocycles. The highest BCUT2D eigenvalue weighted by Crippen LogP contribution is 2.49. The van der Waals surface area contributed by atoms with Crippen LogP contribution in [-0.4, -0.2) is 4.98 Å². The van der Waals surface area contributed by atoms with Gasteiger partial charge in [0, 0.05) is 49.6 Å². The summed E-state index contributed by atoms with van der Waals surface area (Å²) in [5.74, 6) is 0.485. The van der Waals surface area contributed by atoms with Crippen LogP contribution < -0.4 is 9.80 Å². The average Bonchev–Trinajstić information content (AvgIpc) is 4.11. The third-order valence-corrected chi connectivity index (χ3v) is 11.8. The van der Waals surface area contributed by atoms with Crippen molar-refractivity contribution in [3.05, 3.63) is 200 Å². The summed E-state index contributed by atoms with van der Waals surface area (Å²) in [7, 11) is 0. The monoisotopic (exact) mass is 799 g/mol. The molecule has 0 radical (unpaired) electrons. The Balaban J connectivity index is 1.10. The van der Waals surface area contributed by atoms with Gasteiger partial charge in [-0.25, -0.2) is 4.98 Å². The first-order valence-electron chi connectivity index (χ1n) is 20.6. The Morgan fingerprint density at radius 3 is 1.66 bits per heavy atom. The van der Waals surface area contributed by atoms with Gasteiger partial charge in [-0.3, -0.25) is 0 Å². The summed E-state index contributed by atoms with van der Waals surface area (Å²) >= 11 is 0. The molecule has 0 fully saturated rings. The van der Waals surface area contributed by atoms with Crippen LogP contribution >= 0.6 is 0 Å². The van der Waals surface area contributed by atoms with Crippen molar-refractivity contribution in [1.29, 1.82) is 0 Å². The number of furan rings is 3. The summed E-state index contributed by atoms with van der Waals surface area (Å²) in [6.45, 7) is 0. The number of oxazole rings is 1. The Bertz CT molecular complexity index is 3840. The lowest BCUT2D eigenvalue weighted by Crippen LogP contribution is -2.14. The number of rotatable bonds is 7. The maximum absolute atomic E-state index is 7.01. The van der Waals surface area contributed by atoms with Crippen LogP contribution in [0.25, 0.3) is 88.4 Å². The third-order valence-electron chi connectivity index (χ3n) is 11.8. The Morgan fingerprint density at radius 1 is 0.323 bits per heavy atom. The van der Waals surface area contributed by atoms with E-state index in [2.05, 4.69) is 137 Å². The topological polar surface area (TPSA) is 71.9 Å². The van der Waals surface area contributed by atoms with Crippen LogP contribution in [0.5, 0.6) is 0 Å². The minimum Gasteiger partial charge on any atom is -0.456 e. The van der Waals surface area contributed by atoms with E-state index >= 15 is 0 Å². The van der Waals surface area contributed by atoms with E-state index < -0.39 is 0 Å². The Hall–Kier alpha value is -8.55. The standard InChI is InChI=1S/C55H33N3O4/c1-3-14-35(15-4-1)57(37-27-29-50-43(31-37)40-19-8-11-23-48(40)59-50)38-32-44-54(62-55(56-44)34-26-28-41-39-18-7-10-22-47(39)61-52(41)30-34)46(33-38)58(36-16-5-2-6-17-36)45-21-13-25-51-53(45)42-20-9-12-24-49(42)60-51/h1-33H. The van der Waals surface area contributed by atoms with E-state index in [1.54, 1.807) is 0 Å². The molecule has 292 valence electrons. The Kier molecular flexibility index (Phi) is 7.47. The molecule has 0 unspecified atom stereocenters. The summed E-state index contributed by atoms with van der Waals surface area (Å²) in [4.78, 5) is 9.84. The molecule has 9 aromatic carbocycles. The van der Waals surface area contributed by atoms with Gasteiger partial charge in [0.25, 0.3) is 0 Å². The van der Waals surface area contributed by atoms with Crippen LogP contribution in [0.15, 0.2) is 218 Å². The fourth-order valence-electron chi connectivity index (χ4n) is 9.08. The zero-order valence-corrected chi connectivity index (χ0v) is 33.0. The molecule has 0 N–H and O–H groups in total. The second-order valence-electron chi connectivity index (χ2n) is 15.5. The Labute approximate surface area is 353 Å². The molecular weight excluding hydrogens is 767 g/mol. The molecule has 0 bridgehead atoms. The van der Waals surface area contributed by atoms with Crippen molar-refractivity contribution in [3.8, 4) is 11.5 Å². The van der Waals surface area contributed by atoms with Gasteiger partial charge in [-0.15, -0.1) is 0 Å². The molecule has 13 rings (SSSR count). The van der Waals surface area contributed by atoms with Crippen molar-refractivity contribution >= 4 is 111 Å². The summed E-state index contributed by atoms with van der Waals surface area (Å²) in [6, 6.07) is 68.4. The fourth-order valence-corrected chi connectivity index (χ4v) is 9.08. The van der Waals surface area contributed by atoms with Crippen LogP contribution in [0.2, 0.25) is 0 Å². The van der Waals surface area contributed by atoms with Crippen LogP contribution in [0.1, 0.15) is 0 Å². The van der Waals surface area contributed by atoms with E-state index in [1.807, 2.05) is 72.8 Å². The molecular formula is C55H33N3O4. The SMILES string of the molecule is c1ccc(N(c2cc(N(c3ccccc3)c3cccc4oc5ccccc5c34)c3oc(-c4ccc5c(c4)oc4ccccc45)nc3c2)c2ccc3oc4ccccc4c3c2)cc1. The van der Waals surface area contributed by atoms with Gasteiger partial charge in [0.05, 0.1) is 22.4 Å². The van der Waals surface area contributed by atoms with Gasteiger partial charge in [0.1, 0.15) is 39.0 Å². The number of anilines is 6. The summed E-state index contributed by atoms with van der Waals surface area (Å²) in [6.07, 6.45) is 0. The maximum Gasteiger partial charge on any atom is 0.227 e. The maximum atomic E-state index is 7.01. The lowest BCUT2D eigenvalue weighted by Gasteiger charge is -2.29. The van der Waals surface area contributed by atoms with E-state index in [0.29, 0.717) is 17.0 Å². The van der Waals surface area contributed by atoms with E-state index in [9.17, 15) is 0 Å². The quantitative estimate of drug-likeness (QED) is 0.159. The van der Waals surface area contributed by atoms with Crippen molar-refractivity contribution in [2.45, 2.75) is 0 Å². The zero-order valence-electron chi connectivity index (χ0n) is 33.0. The first-order chi connectivity index (χ1) is 30.7. The number of aromatic nitrogens is 1. The number of benzene rings is 9. The van der Waals surface area contributed by atoms with E-state index in [1.165, 1.54) is 0 Å². The van der Waals surface area contributed by atoms with Crippen molar-refractivity contribution < 1.29 is 17.7 Å². The van der Waals surface area contributed by atoms with Gasteiger partial charge in [-0.1, -0.05) is 97.1 Å². The first kappa shape index (κ1) is 34.3. The lowest BCUT2D eigenvalue weighted by molar-refractivity contribution is 0.619. The Morgan fingerprint density at radius 2 is 0.903 bits per heavy atom. The highest BCUT2D eigenvalue weighted by molar-refractivity contribution is 6.15. The fraction of sp³-hybridized carbons (Fsp3) is 0. The predicted molar refractivity (Wildman–Crippen MR) is 251 cm³/mol. The molecule has 13 aromatic rings. The molecule has 0 saturated heterocycles. The zero-order chi connectivity index (χ0) is 40.7. The van der Waals surface area contributed by atoms with Crippen LogP contribution in [-0.2, 0) is 0 Å². The van der Waals surface area contributed by atoms with Crippen LogP contribution in [0, 0.1) is 0 Å². The van der Waals surface area contributed by atoms with Gasteiger partial charge in [0.15, 0.2) is 5.58 Å². The first-order valence-corrected chi connectivity index (χ1v) is 20.6. The van der Waals surface area contributed by atoms with Gasteiger partial charge in [-0.2, -0.15) is 0 Å². The normalized spacial score (nSPS) is 11.9. The average molecular weight is 800 g/mol. The van der Waals surface area contributed by atoms with Crippen molar-refractivity contribution in [2.24, 2.45) is 0 Å². The van der Waals surface area contributed by atoms with E-state index in [4.69, 9.17) is 22.7 Å². The van der Waals surface area contributed by atoms with Gasteiger partial charge in [-0.05, 0) is 103 Å². The summed E-state index contributed by atoms with van der Waals surface area (Å²) in [5.41, 5.74) is 12.6. The van der Waals surface area contributed by atoms with Gasteiger partial charge in [0.2, 0.25) is 5.89 Å². The number of hydrogen-bond donors (Lipinski definition) is 0. The molecule has 0 aliphatic carbocycles. The van der Waals surface area contributed by atoms with Crippen molar-refractivity contribution in [2.75, 3.05) is 9.80 Å². The third kappa shape index (κ3) is 5.35. The second kappa shape index (κ2) is 13.5. The number of fused-ring (bicyclic) bond motifs is 10. The minimum absolute atomic E-state index is 0.485. The predicted octanol–water partition coefficient (Wildman–Crippen LogP) is 16.1. The largest absolute Gasteiger partial charge is 0.456 e. The number of hydrogen-bond acceptors (Lipinski definition) is 7. The number of para-hydroxylation sites is 5. The molecule has 0 aliphatic heterocycles. The molecule has 62 heavy (non-hydrogen) atoms. The molecule has 0 aliphatic rings. The van der Waals surface area contributed by atoms with E-state index in [0.717, 1.165) is 106 Å². The smallest absolute Gasteiger partial charge is 0.227 e. The molecule has 4 aromatic heterocycles. The minimum atomic E-state index is 0.485. The molecule has 7 heteroatoms. The lowest BCUT2D eigenvalue weighted by atomic mass is 10.1. The molecule has 0 amide bonds. The van der Waals surface area contributed by atoms with Gasteiger partial charge >= 0.3 is 0 Å². The van der Waals surface area contributed by atoms with Crippen molar-refractivity contribution in [3.63, 3.8) is 0 Å². The second-order valence-corrected chi connectivity index (χ2v) is 15.5. The van der Waals surface area contributed by atoms with Gasteiger partial charge < -0.3 is 27.5 Å². The summed E-state index contributed by atoms with van der Waals surface area (Å²) in [5, 5.41) is 6.23. The van der Waals surface area contributed by atoms with Crippen molar-refractivity contribution in [1.82, 2.24) is 4.98 Å². The molecule has 0 saturated carbocycles. The molecule has 0 spiro atoms. The van der Waals surface area contributed by atoms with Crippen LogP contribution in [0.4, 0.5) is 34.1 Å². The molecule has 7 nitrogen and oxygen atoms in total. The highest BCUT2D eigenvalue weighted by Gasteiger charge is 2.27. The molecule has 0 atom stereocenters. The summed E-state index contributed by atoms with van der Waals surface area (Å²) < 4.78 is 26.1. The number of nitrogens with zero attached hydrogens (tertiary/aromatic N) is 3. The van der Waals surface area contributed by atoms with Crippen LogP contribution in [0.3, 0.4) is 0 Å².